The number of pyridine rings is 3. The Balaban J connectivity index is 1.68. The number of carbonyl (C=O) groups excluding carboxylic acids is 1. The van der Waals surface area contributed by atoms with Gasteiger partial charge in [0.25, 0.3) is 0 Å². The Labute approximate surface area is 178 Å². The maximum Gasteiger partial charge on any atom is 0.187 e. The zero-order valence-electron chi connectivity index (χ0n) is 16.7. The van der Waals surface area contributed by atoms with Crippen LogP contribution in [0.4, 0.5) is 10.1 Å². The van der Waals surface area contributed by atoms with Crippen LogP contribution in [0.2, 0.25) is 0 Å². The number of hydrogen-bond donors (Lipinski definition) is 1. The summed E-state index contributed by atoms with van der Waals surface area (Å²) in [4.78, 5) is 25.8. The van der Waals surface area contributed by atoms with Crippen LogP contribution in [-0.2, 0) is 6.42 Å². The molecule has 1 aromatic carbocycles. The maximum absolute atomic E-state index is 14.2. The summed E-state index contributed by atoms with van der Waals surface area (Å²) in [5.41, 5.74) is 9.31. The van der Waals surface area contributed by atoms with Gasteiger partial charge >= 0.3 is 0 Å². The van der Waals surface area contributed by atoms with Crippen LogP contribution in [0.3, 0.4) is 0 Å². The van der Waals surface area contributed by atoms with Crippen molar-refractivity contribution in [3.05, 3.63) is 90.4 Å². The number of methoxy groups -OCH3 is 1. The Bertz CT molecular complexity index is 1260. The third-order valence-electron chi connectivity index (χ3n) is 4.85. The first-order valence-corrected chi connectivity index (χ1v) is 9.53. The fourth-order valence-electron chi connectivity index (χ4n) is 3.30. The van der Waals surface area contributed by atoms with Crippen LogP contribution < -0.4 is 10.5 Å². The Morgan fingerprint density at radius 2 is 1.87 bits per heavy atom. The van der Waals surface area contributed by atoms with Crippen LogP contribution in [0.1, 0.15) is 16.1 Å². The topological polar surface area (TPSA) is 91.0 Å². The third-order valence-corrected chi connectivity index (χ3v) is 4.85. The quantitative estimate of drug-likeness (QED) is 0.472. The molecule has 0 atom stereocenters. The molecule has 4 rings (SSSR count). The van der Waals surface area contributed by atoms with E-state index in [4.69, 9.17) is 10.5 Å². The minimum atomic E-state index is -0.418. The second kappa shape index (κ2) is 8.71. The van der Waals surface area contributed by atoms with E-state index in [1.54, 1.807) is 62.2 Å². The molecular weight excluding hydrogens is 395 g/mol. The lowest BCUT2D eigenvalue weighted by molar-refractivity contribution is 0.0989. The third kappa shape index (κ3) is 4.25. The van der Waals surface area contributed by atoms with Crippen LogP contribution >= 0.6 is 0 Å². The van der Waals surface area contributed by atoms with Crippen LogP contribution in [-0.4, -0.2) is 27.8 Å². The molecule has 4 aromatic rings. The molecule has 6 nitrogen and oxygen atoms in total. The molecular formula is C24H19FN4O2. The predicted molar refractivity (Wildman–Crippen MR) is 116 cm³/mol. The summed E-state index contributed by atoms with van der Waals surface area (Å²) in [5, 5.41) is 0. The van der Waals surface area contributed by atoms with Gasteiger partial charge in [0.15, 0.2) is 5.78 Å². The van der Waals surface area contributed by atoms with Gasteiger partial charge in [-0.2, -0.15) is 0 Å². The van der Waals surface area contributed by atoms with Crippen molar-refractivity contribution in [3.8, 4) is 28.1 Å². The maximum atomic E-state index is 14.2. The number of hydrogen-bond acceptors (Lipinski definition) is 6. The number of aromatic nitrogens is 3. The largest absolute Gasteiger partial charge is 0.495 e. The average molecular weight is 414 g/mol. The zero-order chi connectivity index (χ0) is 21.8. The van der Waals surface area contributed by atoms with Gasteiger partial charge in [0.05, 0.1) is 24.7 Å². The summed E-state index contributed by atoms with van der Waals surface area (Å²) in [5.74, 6) is -0.103. The Morgan fingerprint density at radius 1 is 1.03 bits per heavy atom. The number of anilines is 1. The second-order valence-corrected chi connectivity index (χ2v) is 6.86. The molecule has 2 N–H and O–H groups in total. The highest BCUT2D eigenvalue weighted by molar-refractivity contribution is 6.01. The van der Waals surface area contributed by atoms with E-state index in [-0.39, 0.29) is 23.6 Å². The van der Waals surface area contributed by atoms with Gasteiger partial charge in [-0.15, -0.1) is 0 Å². The van der Waals surface area contributed by atoms with E-state index < -0.39 is 5.82 Å². The Hall–Kier alpha value is -4.13. The van der Waals surface area contributed by atoms with E-state index >= 15 is 0 Å². The molecule has 3 aromatic heterocycles. The molecule has 0 amide bonds. The number of ketones is 1. The van der Waals surface area contributed by atoms with Gasteiger partial charge in [-0.3, -0.25) is 14.8 Å². The van der Waals surface area contributed by atoms with E-state index in [0.29, 0.717) is 22.6 Å². The number of ether oxygens (including phenoxy) is 1. The summed E-state index contributed by atoms with van der Waals surface area (Å²) in [7, 11) is 1.56. The highest BCUT2D eigenvalue weighted by atomic mass is 19.1. The van der Waals surface area contributed by atoms with Gasteiger partial charge in [0.2, 0.25) is 0 Å². The van der Waals surface area contributed by atoms with Crippen LogP contribution in [0.15, 0.2) is 73.3 Å². The number of nitrogens with zero attached hydrogens (tertiary/aromatic N) is 3. The minimum absolute atomic E-state index is 0.0261. The smallest absolute Gasteiger partial charge is 0.187 e. The molecule has 0 aliphatic rings. The summed E-state index contributed by atoms with van der Waals surface area (Å²) < 4.78 is 19.4. The second-order valence-electron chi connectivity index (χ2n) is 6.86. The van der Waals surface area contributed by atoms with Crippen LogP contribution in [0.5, 0.6) is 5.75 Å². The average Bonchev–Trinajstić information content (AvgIpc) is 2.80. The lowest BCUT2D eigenvalue weighted by Crippen LogP contribution is -2.11. The first kappa shape index (κ1) is 20.2. The van der Waals surface area contributed by atoms with Gasteiger partial charge in [0.1, 0.15) is 17.3 Å². The fraction of sp³-hybridized carbons (Fsp3) is 0.0833. The molecule has 0 bridgehead atoms. The van der Waals surface area contributed by atoms with Crippen molar-refractivity contribution in [2.24, 2.45) is 0 Å². The van der Waals surface area contributed by atoms with Crippen molar-refractivity contribution in [2.75, 3.05) is 12.8 Å². The number of carbonyl (C=O) groups is 1. The van der Waals surface area contributed by atoms with E-state index in [0.717, 1.165) is 11.1 Å². The molecule has 0 aliphatic heterocycles. The number of nitrogens with two attached hydrogens (primary N) is 1. The highest BCUT2D eigenvalue weighted by Crippen LogP contribution is 2.28. The lowest BCUT2D eigenvalue weighted by Gasteiger charge is -2.11. The number of rotatable bonds is 6. The zero-order valence-corrected chi connectivity index (χ0v) is 16.7. The molecule has 3 heterocycles. The van der Waals surface area contributed by atoms with Crippen LogP contribution in [0, 0.1) is 5.82 Å². The molecule has 0 spiro atoms. The van der Waals surface area contributed by atoms with Crippen molar-refractivity contribution in [2.45, 2.75) is 6.42 Å². The summed E-state index contributed by atoms with van der Waals surface area (Å²) in [6.45, 7) is 0. The summed E-state index contributed by atoms with van der Waals surface area (Å²) >= 11 is 0. The number of halogens is 1. The van der Waals surface area contributed by atoms with Crippen molar-refractivity contribution in [3.63, 3.8) is 0 Å². The molecule has 0 aliphatic carbocycles. The van der Waals surface area contributed by atoms with E-state index in [2.05, 4.69) is 15.0 Å². The van der Waals surface area contributed by atoms with Gasteiger partial charge in [0, 0.05) is 36.1 Å². The molecule has 0 radical (unpaired) electrons. The monoisotopic (exact) mass is 414 g/mol. The summed E-state index contributed by atoms with van der Waals surface area (Å²) in [6.07, 6.45) is 6.60. The van der Waals surface area contributed by atoms with E-state index in [9.17, 15) is 9.18 Å². The normalized spacial score (nSPS) is 10.6. The van der Waals surface area contributed by atoms with E-state index in [1.807, 2.05) is 12.1 Å². The van der Waals surface area contributed by atoms with Crippen LogP contribution in [0.25, 0.3) is 22.4 Å². The van der Waals surface area contributed by atoms with Crippen molar-refractivity contribution in [1.82, 2.24) is 15.0 Å². The highest BCUT2D eigenvalue weighted by Gasteiger charge is 2.18. The fourth-order valence-corrected chi connectivity index (χ4v) is 3.30. The number of benzene rings is 1. The van der Waals surface area contributed by atoms with Gasteiger partial charge < -0.3 is 10.5 Å². The Morgan fingerprint density at radius 3 is 2.68 bits per heavy atom. The molecule has 154 valence electrons. The van der Waals surface area contributed by atoms with Crippen molar-refractivity contribution in [1.29, 1.82) is 0 Å². The predicted octanol–water partition coefficient (Wildman–Crippen LogP) is 4.36. The number of nitrogen functional groups attached to an aromatic ring is 1. The van der Waals surface area contributed by atoms with Crippen molar-refractivity contribution >= 4 is 11.5 Å². The summed E-state index contributed by atoms with van der Waals surface area (Å²) in [6, 6.07) is 13.1. The first-order chi connectivity index (χ1) is 15.1. The van der Waals surface area contributed by atoms with Gasteiger partial charge in [-0.1, -0.05) is 12.1 Å². The molecule has 31 heavy (non-hydrogen) atoms. The molecule has 7 heteroatoms. The Kier molecular flexibility index (Phi) is 5.66. The number of Topliss-reactive ketones (excluding diaryl/α,β-unsaturated/α-hetero) is 1. The molecule has 0 fully saturated rings. The standard InChI is InChI=1S/C24H19FN4O2/c1-31-17-10-15(13-28-14-17)18-8-9-27-12-16(18)11-23(30)24-21(26)6-7-22(29-24)19-4-2-3-5-20(19)25/h2-10,12-14H,11,26H2,1H3. The van der Waals surface area contributed by atoms with E-state index in [1.165, 1.54) is 6.07 Å². The molecule has 0 saturated carbocycles. The van der Waals surface area contributed by atoms with Gasteiger partial charge in [-0.25, -0.2) is 9.37 Å². The minimum Gasteiger partial charge on any atom is -0.495 e. The SMILES string of the molecule is COc1cncc(-c2ccncc2CC(=O)c2nc(-c3ccccc3F)ccc2N)c1. The van der Waals surface area contributed by atoms with Gasteiger partial charge in [-0.05, 0) is 47.5 Å². The van der Waals surface area contributed by atoms with Crippen molar-refractivity contribution < 1.29 is 13.9 Å². The first-order valence-electron chi connectivity index (χ1n) is 9.53. The molecule has 0 unspecified atom stereocenters. The lowest BCUT2D eigenvalue weighted by atomic mass is 9.98. The molecule has 0 saturated heterocycles.